The molecule has 3 atom stereocenters. The number of allylic oxidation sites excluding steroid dienone is 2. The van der Waals surface area contributed by atoms with E-state index in [1.165, 1.54) is 0 Å². The summed E-state index contributed by atoms with van der Waals surface area (Å²) in [5, 5.41) is 20.5. The first kappa shape index (κ1) is 21.4. The number of hydrogen-bond donors (Lipinski definition) is 2. The zero-order valence-electron chi connectivity index (χ0n) is 17.9. The Labute approximate surface area is 183 Å². The number of nitrogens with zero attached hydrogens (tertiary/aromatic N) is 2. The molecule has 3 unspecified atom stereocenters. The molecule has 0 saturated carbocycles. The molecular formula is C25H30N2O4. The Bertz CT molecular complexity index is 947. The number of rotatable bonds is 9. The fourth-order valence-electron chi connectivity index (χ4n) is 4.20. The Morgan fingerprint density at radius 1 is 1.32 bits per heavy atom. The number of aryl methyl sites for hydroxylation is 1. The second-order valence-electron chi connectivity index (χ2n) is 8.71. The number of benzene rings is 1. The van der Waals surface area contributed by atoms with Crippen LogP contribution < -0.4 is 4.74 Å². The normalized spacial score (nSPS) is 22.8. The highest BCUT2D eigenvalue weighted by Gasteiger charge is 2.23. The van der Waals surface area contributed by atoms with E-state index in [0.29, 0.717) is 37.8 Å². The van der Waals surface area contributed by atoms with Crippen LogP contribution >= 0.6 is 0 Å². The lowest BCUT2D eigenvalue weighted by Crippen LogP contribution is -2.24. The van der Waals surface area contributed by atoms with Crippen LogP contribution in [0.5, 0.6) is 11.5 Å². The molecule has 6 nitrogen and oxygen atoms in total. The molecule has 1 aliphatic carbocycles. The van der Waals surface area contributed by atoms with E-state index in [1.807, 2.05) is 17.2 Å². The molecule has 0 fully saturated rings. The topological polar surface area (TPSA) is 82.4 Å². The van der Waals surface area contributed by atoms with Gasteiger partial charge in [0.15, 0.2) is 18.2 Å². The minimum atomic E-state index is -0.608. The number of carbonyl (C=O) groups is 1. The summed E-state index contributed by atoms with van der Waals surface area (Å²) in [7, 11) is 0. The molecule has 1 aromatic rings. The van der Waals surface area contributed by atoms with E-state index >= 15 is 0 Å². The first-order valence-electron chi connectivity index (χ1n) is 11.0. The first-order valence-corrected chi connectivity index (χ1v) is 11.0. The monoisotopic (exact) mass is 422 g/mol. The van der Waals surface area contributed by atoms with E-state index in [0.717, 1.165) is 29.7 Å². The van der Waals surface area contributed by atoms with Crippen molar-refractivity contribution in [2.24, 2.45) is 16.8 Å². The second-order valence-corrected chi connectivity index (χ2v) is 8.71. The van der Waals surface area contributed by atoms with Crippen molar-refractivity contribution in [1.82, 2.24) is 4.90 Å². The molecule has 0 spiro atoms. The summed E-state index contributed by atoms with van der Waals surface area (Å²) < 4.78 is 5.81. The molecule has 164 valence electrons. The van der Waals surface area contributed by atoms with Crippen LogP contribution in [0.3, 0.4) is 0 Å². The van der Waals surface area contributed by atoms with Gasteiger partial charge in [-0.3, -0.25) is 9.79 Å². The van der Waals surface area contributed by atoms with Crippen molar-refractivity contribution in [3.8, 4) is 11.5 Å². The number of aromatic hydroxyl groups is 1. The Balaban J connectivity index is 1.26. The van der Waals surface area contributed by atoms with E-state index in [9.17, 15) is 15.0 Å². The van der Waals surface area contributed by atoms with Gasteiger partial charge in [0.25, 0.3) is 0 Å². The maximum absolute atomic E-state index is 12.4. The van der Waals surface area contributed by atoms with E-state index in [-0.39, 0.29) is 23.9 Å². The van der Waals surface area contributed by atoms with E-state index in [2.05, 4.69) is 24.1 Å². The largest absolute Gasteiger partial charge is 0.504 e. The van der Waals surface area contributed by atoms with Crippen LogP contribution in [-0.2, 0) is 11.2 Å². The summed E-state index contributed by atoms with van der Waals surface area (Å²) >= 11 is 0. The van der Waals surface area contributed by atoms with Gasteiger partial charge in [-0.2, -0.15) is 0 Å². The van der Waals surface area contributed by atoms with Gasteiger partial charge in [-0.1, -0.05) is 25.1 Å². The quantitative estimate of drug-likeness (QED) is 0.592. The van der Waals surface area contributed by atoms with Gasteiger partial charge in [0, 0.05) is 36.7 Å². The third-order valence-electron chi connectivity index (χ3n) is 6.17. The van der Waals surface area contributed by atoms with E-state index in [4.69, 9.17) is 4.74 Å². The lowest BCUT2D eigenvalue weighted by Gasteiger charge is -2.24. The molecule has 2 aliphatic heterocycles. The molecule has 2 heterocycles. The lowest BCUT2D eigenvalue weighted by atomic mass is 9.84. The summed E-state index contributed by atoms with van der Waals surface area (Å²) in [4.78, 5) is 18.7. The van der Waals surface area contributed by atoms with Crippen molar-refractivity contribution in [2.75, 3.05) is 13.3 Å². The van der Waals surface area contributed by atoms with Crippen molar-refractivity contribution >= 4 is 11.5 Å². The molecule has 3 aliphatic rings. The number of ether oxygens (including phenoxy) is 1. The number of aliphatic imine (C=N–C) groups is 1. The Kier molecular flexibility index (Phi) is 6.56. The summed E-state index contributed by atoms with van der Waals surface area (Å²) in [6, 6.07) is 5.19. The van der Waals surface area contributed by atoms with Crippen molar-refractivity contribution < 1.29 is 19.7 Å². The standard InChI is InChI=1S/C25H30N2O4/c1-17-2-6-19(7-3-17)24(30)13-21(28)8-4-18-5-9-23(29)25(12-18)31-16-27-14-20-10-11-26-22(20)15-27/h2,5-6,9-12,14,17,19,24,29-30H,3-4,7-8,13,15-16H2,1H3. The summed E-state index contributed by atoms with van der Waals surface area (Å²) in [6.45, 7) is 3.17. The number of ketones is 1. The van der Waals surface area contributed by atoms with Gasteiger partial charge >= 0.3 is 0 Å². The minimum Gasteiger partial charge on any atom is -0.504 e. The number of phenols is 1. The molecule has 31 heavy (non-hydrogen) atoms. The predicted octanol–water partition coefficient (Wildman–Crippen LogP) is 3.75. The molecule has 2 N–H and O–H groups in total. The van der Waals surface area contributed by atoms with Gasteiger partial charge in [-0.15, -0.1) is 0 Å². The number of hydrogen-bond acceptors (Lipinski definition) is 6. The average molecular weight is 423 g/mol. The zero-order valence-corrected chi connectivity index (χ0v) is 17.9. The summed E-state index contributed by atoms with van der Waals surface area (Å²) in [5.41, 5.74) is 3.05. The first-order chi connectivity index (χ1) is 15.0. The number of aliphatic hydroxyl groups is 1. The number of phenolic OH excluding ortho intramolecular Hbond substituents is 1. The van der Waals surface area contributed by atoms with Crippen LogP contribution in [0.1, 0.15) is 38.2 Å². The number of carbonyl (C=O) groups excluding carboxylic acids is 1. The smallest absolute Gasteiger partial charge is 0.163 e. The Hall–Kier alpha value is -2.86. The molecular weight excluding hydrogens is 392 g/mol. The van der Waals surface area contributed by atoms with Gasteiger partial charge in [0.2, 0.25) is 0 Å². The highest BCUT2D eigenvalue weighted by atomic mass is 16.5. The predicted molar refractivity (Wildman–Crippen MR) is 120 cm³/mol. The molecule has 0 amide bonds. The van der Waals surface area contributed by atoms with Gasteiger partial charge in [0.05, 0.1) is 18.4 Å². The minimum absolute atomic E-state index is 0.0547. The third kappa shape index (κ3) is 5.44. The Morgan fingerprint density at radius 3 is 2.97 bits per heavy atom. The maximum Gasteiger partial charge on any atom is 0.163 e. The molecule has 6 heteroatoms. The molecule has 0 aromatic heterocycles. The fourth-order valence-corrected chi connectivity index (χ4v) is 4.20. The Morgan fingerprint density at radius 2 is 2.19 bits per heavy atom. The van der Waals surface area contributed by atoms with Crippen LogP contribution in [0.4, 0.5) is 0 Å². The maximum atomic E-state index is 12.4. The third-order valence-corrected chi connectivity index (χ3v) is 6.17. The molecule has 0 saturated heterocycles. The SMILES string of the molecule is CC1C=CC(C(O)CC(=O)CCc2ccc(O)c(OCN3C=C4C=CN=C4C3)c2)CC1. The highest BCUT2D eigenvalue weighted by Crippen LogP contribution is 2.29. The lowest BCUT2D eigenvalue weighted by molar-refractivity contribution is -0.121. The zero-order chi connectivity index (χ0) is 21.8. The van der Waals surface area contributed by atoms with Crippen molar-refractivity contribution in [3.05, 3.63) is 60.0 Å². The van der Waals surface area contributed by atoms with Gasteiger partial charge in [-0.25, -0.2) is 0 Å². The number of aliphatic hydroxyl groups excluding tert-OH is 1. The average Bonchev–Trinajstić information content (AvgIpc) is 3.34. The summed E-state index contributed by atoms with van der Waals surface area (Å²) in [5.74, 6) is 1.17. The molecule has 4 rings (SSSR count). The molecule has 0 radical (unpaired) electrons. The van der Waals surface area contributed by atoms with E-state index in [1.54, 1.807) is 24.4 Å². The fraction of sp³-hybridized carbons (Fsp3) is 0.440. The molecule has 0 bridgehead atoms. The van der Waals surface area contributed by atoms with Crippen LogP contribution in [-0.4, -0.2) is 46.0 Å². The van der Waals surface area contributed by atoms with Crippen LogP contribution in [0, 0.1) is 11.8 Å². The van der Waals surface area contributed by atoms with Crippen molar-refractivity contribution in [2.45, 2.75) is 45.1 Å². The number of Topliss-reactive ketones (excluding diaryl/α,β-unsaturated/α-hetero) is 1. The van der Waals surface area contributed by atoms with Crippen LogP contribution in [0.25, 0.3) is 0 Å². The highest BCUT2D eigenvalue weighted by molar-refractivity contribution is 6.07. The van der Waals surface area contributed by atoms with Crippen molar-refractivity contribution in [3.63, 3.8) is 0 Å². The van der Waals surface area contributed by atoms with Gasteiger partial charge in [-0.05, 0) is 49.0 Å². The van der Waals surface area contributed by atoms with Gasteiger partial charge in [0.1, 0.15) is 5.78 Å². The molecule has 1 aromatic carbocycles. The van der Waals surface area contributed by atoms with E-state index < -0.39 is 6.10 Å². The van der Waals surface area contributed by atoms with Gasteiger partial charge < -0.3 is 19.8 Å². The van der Waals surface area contributed by atoms with Crippen molar-refractivity contribution in [1.29, 1.82) is 0 Å². The summed E-state index contributed by atoms with van der Waals surface area (Å²) in [6.07, 6.45) is 12.4. The second kappa shape index (κ2) is 9.52. The van der Waals surface area contributed by atoms with Crippen LogP contribution in [0.2, 0.25) is 0 Å². The van der Waals surface area contributed by atoms with Crippen LogP contribution in [0.15, 0.2) is 59.4 Å². The number of fused-ring (bicyclic) bond motifs is 1.